The van der Waals surface area contributed by atoms with Gasteiger partial charge in [-0.2, -0.15) is 0 Å². The lowest BCUT2D eigenvalue weighted by Crippen LogP contribution is -2.29. The van der Waals surface area contributed by atoms with Crippen LogP contribution in [0.15, 0.2) is 52.4 Å². The number of ether oxygens (including phenoxy) is 1. The molecular formula is C25H26ClN3O4S. The molecule has 1 fully saturated rings. The molecule has 7 nitrogen and oxygen atoms in total. The summed E-state index contributed by atoms with van der Waals surface area (Å²) in [7, 11) is 0. The number of carbonyl (C=O) groups excluding carboxylic acids is 2. The molecular weight excluding hydrogens is 474 g/mol. The first-order chi connectivity index (χ1) is 16.5. The van der Waals surface area contributed by atoms with E-state index in [1.165, 1.54) is 11.8 Å². The summed E-state index contributed by atoms with van der Waals surface area (Å²) in [6, 6.07) is 11.8. The van der Waals surface area contributed by atoms with E-state index < -0.39 is 0 Å². The summed E-state index contributed by atoms with van der Waals surface area (Å²) in [6.45, 7) is 2.05. The molecule has 34 heavy (non-hydrogen) atoms. The summed E-state index contributed by atoms with van der Waals surface area (Å²) in [6.07, 6.45) is 5.07. The maximum Gasteiger partial charge on any atom is 0.316 e. The molecule has 0 aliphatic heterocycles. The number of hydrogen-bond acceptors (Lipinski definition) is 6. The van der Waals surface area contributed by atoms with Crippen molar-refractivity contribution in [3.8, 4) is 0 Å². The quantitative estimate of drug-likeness (QED) is 0.263. The number of nitrogens with one attached hydrogen (secondary N) is 1. The van der Waals surface area contributed by atoms with Crippen molar-refractivity contribution in [1.29, 1.82) is 0 Å². The second kappa shape index (κ2) is 11.1. The molecule has 1 aliphatic rings. The smallest absolute Gasteiger partial charge is 0.316 e. The molecule has 2 aromatic carbocycles. The molecule has 0 radical (unpaired) electrons. The van der Waals surface area contributed by atoms with E-state index in [1.807, 2.05) is 0 Å². The van der Waals surface area contributed by atoms with Gasteiger partial charge in [0.2, 0.25) is 0 Å². The Morgan fingerprint density at radius 1 is 1.18 bits per heavy atom. The lowest BCUT2D eigenvalue weighted by Gasteiger charge is -2.26. The van der Waals surface area contributed by atoms with Crippen LogP contribution in [0, 0.1) is 0 Å². The van der Waals surface area contributed by atoms with Gasteiger partial charge in [-0.05, 0) is 56.2 Å². The van der Waals surface area contributed by atoms with Crippen LogP contribution >= 0.6 is 23.4 Å². The lowest BCUT2D eigenvalue weighted by molar-refractivity contribution is -0.139. The molecule has 3 aromatic rings. The molecule has 0 saturated heterocycles. The monoisotopic (exact) mass is 499 g/mol. The average molecular weight is 500 g/mol. The van der Waals surface area contributed by atoms with Crippen LogP contribution in [0.5, 0.6) is 0 Å². The molecule has 0 atom stereocenters. The first-order valence-corrected chi connectivity index (χ1v) is 12.7. The molecule has 1 heterocycles. The van der Waals surface area contributed by atoms with Crippen LogP contribution < -0.4 is 10.9 Å². The third-order valence-electron chi connectivity index (χ3n) is 5.78. The van der Waals surface area contributed by atoms with Crippen molar-refractivity contribution in [1.82, 2.24) is 9.55 Å². The van der Waals surface area contributed by atoms with Crippen molar-refractivity contribution in [2.75, 3.05) is 17.7 Å². The van der Waals surface area contributed by atoms with Crippen LogP contribution in [0.25, 0.3) is 10.9 Å². The van der Waals surface area contributed by atoms with Crippen molar-refractivity contribution < 1.29 is 14.3 Å². The Morgan fingerprint density at radius 3 is 2.71 bits per heavy atom. The van der Waals surface area contributed by atoms with Crippen LogP contribution in [-0.4, -0.2) is 33.8 Å². The average Bonchev–Trinajstić information content (AvgIpc) is 2.83. The van der Waals surface area contributed by atoms with Crippen molar-refractivity contribution in [2.45, 2.75) is 50.2 Å². The highest BCUT2D eigenvalue weighted by Gasteiger charge is 2.23. The van der Waals surface area contributed by atoms with Gasteiger partial charge < -0.3 is 10.1 Å². The minimum Gasteiger partial charge on any atom is -0.465 e. The van der Waals surface area contributed by atoms with Gasteiger partial charge in [0.05, 0.1) is 23.3 Å². The highest BCUT2D eigenvalue weighted by Crippen LogP contribution is 2.31. The largest absolute Gasteiger partial charge is 0.465 e. The molecule has 0 bridgehead atoms. The van der Waals surface area contributed by atoms with Gasteiger partial charge >= 0.3 is 5.97 Å². The van der Waals surface area contributed by atoms with Gasteiger partial charge in [0.1, 0.15) is 0 Å². The van der Waals surface area contributed by atoms with Crippen molar-refractivity contribution >= 4 is 51.8 Å². The van der Waals surface area contributed by atoms with Crippen LogP contribution in [0.4, 0.5) is 5.69 Å². The zero-order valence-corrected chi connectivity index (χ0v) is 20.5. The molecule has 1 aliphatic carbocycles. The fourth-order valence-corrected chi connectivity index (χ4v) is 5.23. The van der Waals surface area contributed by atoms with Crippen LogP contribution in [0.2, 0.25) is 5.02 Å². The van der Waals surface area contributed by atoms with Crippen LogP contribution in [0.1, 0.15) is 55.4 Å². The molecule has 1 aromatic heterocycles. The molecule has 4 rings (SSSR count). The zero-order valence-electron chi connectivity index (χ0n) is 18.9. The predicted octanol–water partition coefficient (Wildman–Crippen LogP) is 5.46. The van der Waals surface area contributed by atoms with Gasteiger partial charge in [0.15, 0.2) is 5.16 Å². The maximum atomic E-state index is 13.5. The fraction of sp³-hybridized carbons (Fsp3) is 0.360. The van der Waals surface area contributed by atoms with E-state index in [0.717, 1.165) is 32.1 Å². The summed E-state index contributed by atoms with van der Waals surface area (Å²) in [5.41, 5.74) is 1.22. The Labute approximate surface area is 206 Å². The fourth-order valence-electron chi connectivity index (χ4n) is 4.18. The van der Waals surface area contributed by atoms with Gasteiger partial charge in [-0.3, -0.25) is 19.0 Å². The first kappa shape index (κ1) is 24.3. The van der Waals surface area contributed by atoms with Gasteiger partial charge in [0, 0.05) is 22.3 Å². The van der Waals surface area contributed by atoms with Crippen molar-refractivity contribution in [3.63, 3.8) is 0 Å². The zero-order chi connectivity index (χ0) is 24.1. The SMILES string of the molecule is CCOC(=O)CSc1nc2cc(C(=O)Nc3cccc(Cl)c3)ccc2c(=O)n1C1CCCCC1. The Morgan fingerprint density at radius 2 is 1.97 bits per heavy atom. The number of carbonyl (C=O) groups is 2. The second-order valence-electron chi connectivity index (χ2n) is 8.15. The minimum absolute atomic E-state index is 0.0497. The van der Waals surface area contributed by atoms with Gasteiger partial charge in [0.25, 0.3) is 11.5 Å². The van der Waals surface area contributed by atoms with Gasteiger partial charge in [-0.1, -0.05) is 48.7 Å². The van der Waals surface area contributed by atoms with Gasteiger partial charge in [-0.25, -0.2) is 4.98 Å². The molecule has 178 valence electrons. The third-order valence-corrected chi connectivity index (χ3v) is 6.94. The number of hydrogen-bond donors (Lipinski definition) is 1. The summed E-state index contributed by atoms with van der Waals surface area (Å²) in [4.78, 5) is 43.0. The molecule has 1 amide bonds. The van der Waals surface area contributed by atoms with Crippen molar-refractivity contribution in [3.05, 3.63) is 63.4 Å². The van der Waals surface area contributed by atoms with E-state index in [9.17, 15) is 14.4 Å². The number of aromatic nitrogens is 2. The van der Waals surface area contributed by atoms with E-state index in [4.69, 9.17) is 21.3 Å². The summed E-state index contributed by atoms with van der Waals surface area (Å²) in [5, 5.41) is 4.25. The summed E-state index contributed by atoms with van der Waals surface area (Å²) >= 11 is 7.20. The highest BCUT2D eigenvalue weighted by molar-refractivity contribution is 7.99. The topological polar surface area (TPSA) is 90.3 Å². The number of esters is 1. The standard InChI is InChI=1S/C25H26ClN3O4S/c1-2-33-22(30)15-34-25-28-21-13-16(23(31)27-18-8-6-7-17(26)14-18)11-12-20(21)24(32)29(25)19-9-4-3-5-10-19/h6-8,11-14,19H,2-5,9-10,15H2,1H3,(H,27,31). The van der Waals surface area contributed by atoms with E-state index in [1.54, 1.807) is 54.0 Å². The van der Waals surface area contributed by atoms with E-state index in [2.05, 4.69) is 5.32 Å². The number of halogens is 1. The van der Waals surface area contributed by atoms with Crippen LogP contribution in [-0.2, 0) is 9.53 Å². The summed E-state index contributed by atoms with van der Waals surface area (Å²) in [5.74, 6) is -0.622. The third kappa shape index (κ3) is 5.62. The first-order valence-electron chi connectivity index (χ1n) is 11.4. The Hall–Kier alpha value is -2.84. The Bertz CT molecular complexity index is 1270. The second-order valence-corrected chi connectivity index (χ2v) is 9.53. The molecule has 0 spiro atoms. The number of amides is 1. The van der Waals surface area contributed by atoms with Crippen molar-refractivity contribution in [2.24, 2.45) is 0 Å². The highest BCUT2D eigenvalue weighted by atomic mass is 35.5. The lowest BCUT2D eigenvalue weighted by atomic mass is 9.95. The predicted molar refractivity (Wildman–Crippen MR) is 135 cm³/mol. The maximum absolute atomic E-state index is 13.5. The normalized spacial score (nSPS) is 14.2. The van der Waals surface area contributed by atoms with E-state index in [0.29, 0.717) is 38.9 Å². The van der Waals surface area contributed by atoms with E-state index >= 15 is 0 Å². The number of anilines is 1. The number of benzene rings is 2. The van der Waals surface area contributed by atoms with Gasteiger partial charge in [-0.15, -0.1) is 0 Å². The number of rotatable bonds is 7. The summed E-state index contributed by atoms with van der Waals surface area (Å²) < 4.78 is 6.78. The Kier molecular flexibility index (Phi) is 7.90. The number of thioether (sulfide) groups is 1. The van der Waals surface area contributed by atoms with Crippen LogP contribution in [0.3, 0.4) is 0 Å². The molecule has 0 unspecified atom stereocenters. The Balaban J connectivity index is 1.70. The van der Waals surface area contributed by atoms with E-state index in [-0.39, 0.29) is 29.2 Å². The minimum atomic E-state index is -0.355. The number of fused-ring (bicyclic) bond motifs is 1. The molecule has 1 saturated carbocycles. The molecule has 9 heteroatoms. The molecule has 1 N–H and O–H groups in total. The number of nitrogens with zero attached hydrogens (tertiary/aromatic N) is 2.